The fraction of sp³-hybridized carbons (Fsp3) is 0.889. The van der Waals surface area contributed by atoms with Crippen LogP contribution in [-0.2, 0) is 0 Å². The van der Waals surface area contributed by atoms with Crippen LogP contribution >= 0.6 is 0 Å². The minimum Gasteiger partial charge on any atom is -0.367 e. The van der Waals surface area contributed by atoms with Gasteiger partial charge < -0.3 is 5.32 Å². The quantitative estimate of drug-likeness (QED) is 0.644. The Bertz CT molecular complexity index is 170. The fourth-order valence-electron chi connectivity index (χ4n) is 1.18. The van der Waals surface area contributed by atoms with Crippen LogP contribution in [0, 0.1) is 5.92 Å². The Morgan fingerprint density at radius 3 is 2.64 bits per heavy atom. The summed E-state index contributed by atoms with van der Waals surface area (Å²) in [7, 11) is 0. The molecule has 1 N–H and O–H groups in total. The molecule has 0 spiro atoms. The van der Waals surface area contributed by atoms with Gasteiger partial charge in [-0.3, -0.25) is 4.99 Å². The lowest BCUT2D eigenvalue weighted by Gasteiger charge is -2.20. The van der Waals surface area contributed by atoms with Crippen molar-refractivity contribution in [3.63, 3.8) is 0 Å². The second-order valence-corrected chi connectivity index (χ2v) is 4.02. The lowest BCUT2D eigenvalue weighted by atomic mass is 10.1. The summed E-state index contributed by atoms with van der Waals surface area (Å²) < 4.78 is 0. The van der Waals surface area contributed by atoms with Gasteiger partial charge in [0.2, 0.25) is 0 Å². The topological polar surface area (TPSA) is 24.4 Å². The van der Waals surface area contributed by atoms with Crippen LogP contribution in [0.25, 0.3) is 0 Å². The number of hydrogen-bond donors (Lipinski definition) is 1. The van der Waals surface area contributed by atoms with Crippen molar-refractivity contribution in [2.45, 2.75) is 39.7 Å². The summed E-state index contributed by atoms with van der Waals surface area (Å²) in [5, 5.41) is 3.43. The predicted octanol–water partition coefficient (Wildman–Crippen LogP) is 1.81. The standard InChI is InChI=1S/C9H18N2/c1-5-7(2)8-10-6-9(3,4)11-8/h7H,5-6H2,1-4H3,(H,10,11). The van der Waals surface area contributed by atoms with E-state index in [0.29, 0.717) is 5.92 Å². The summed E-state index contributed by atoms with van der Waals surface area (Å²) in [4.78, 5) is 4.46. The highest BCUT2D eigenvalue weighted by Crippen LogP contribution is 2.14. The van der Waals surface area contributed by atoms with E-state index in [1.165, 1.54) is 12.3 Å². The molecule has 1 unspecified atom stereocenters. The van der Waals surface area contributed by atoms with Gasteiger partial charge in [0.25, 0.3) is 0 Å². The van der Waals surface area contributed by atoms with Gasteiger partial charge >= 0.3 is 0 Å². The van der Waals surface area contributed by atoms with Gasteiger partial charge in [0.1, 0.15) is 0 Å². The molecular formula is C9H18N2. The van der Waals surface area contributed by atoms with Crippen LogP contribution in [0.4, 0.5) is 0 Å². The van der Waals surface area contributed by atoms with Crippen LogP contribution < -0.4 is 5.32 Å². The number of aliphatic imine (C=N–C) groups is 1. The Morgan fingerprint density at radius 2 is 2.27 bits per heavy atom. The molecule has 1 rings (SSSR count). The molecular weight excluding hydrogens is 136 g/mol. The second-order valence-electron chi connectivity index (χ2n) is 4.02. The Labute approximate surface area is 69.1 Å². The van der Waals surface area contributed by atoms with Gasteiger partial charge in [-0.2, -0.15) is 0 Å². The van der Waals surface area contributed by atoms with Gasteiger partial charge in [0.05, 0.1) is 17.9 Å². The average molecular weight is 154 g/mol. The number of rotatable bonds is 2. The highest BCUT2D eigenvalue weighted by atomic mass is 15.1. The van der Waals surface area contributed by atoms with E-state index in [2.05, 4.69) is 38.0 Å². The van der Waals surface area contributed by atoms with E-state index in [-0.39, 0.29) is 5.54 Å². The van der Waals surface area contributed by atoms with Crippen molar-refractivity contribution >= 4 is 5.84 Å². The Hall–Kier alpha value is -0.530. The van der Waals surface area contributed by atoms with Gasteiger partial charge in [-0.15, -0.1) is 0 Å². The van der Waals surface area contributed by atoms with Crippen LogP contribution in [0.2, 0.25) is 0 Å². The van der Waals surface area contributed by atoms with Gasteiger partial charge in [0, 0.05) is 5.92 Å². The lowest BCUT2D eigenvalue weighted by molar-refractivity contribution is 0.498. The van der Waals surface area contributed by atoms with Crippen molar-refractivity contribution in [3.05, 3.63) is 0 Å². The maximum atomic E-state index is 4.46. The second kappa shape index (κ2) is 2.84. The molecule has 0 aromatic rings. The molecule has 64 valence electrons. The molecule has 0 amide bonds. The maximum absolute atomic E-state index is 4.46. The van der Waals surface area contributed by atoms with Crippen molar-refractivity contribution < 1.29 is 0 Å². The number of nitrogens with one attached hydrogen (secondary N) is 1. The van der Waals surface area contributed by atoms with Crippen molar-refractivity contribution in [1.82, 2.24) is 5.32 Å². The summed E-state index contributed by atoms with van der Waals surface area (Å²) >= 11 is 0. The van der Waals surface area contributed by atoms with Crippen LogP contribution in [0.1, 0.15) is 34.1 Å². The van der Waals surface area contributed by atoms with Crippen LogP contribution in [-0.4, -0.2) is 17.9 Å². The zero-order valence-electron chi connectivity index (χ0n) is 7.94. The predicted molar refractivity (Wildman–Crippen MR) is 49.0 cm³/mol. The zero-order valence-corrected chi connectivity index (χ0v) is 7.94. The van der Waals surface area contributed by atoms with Crippen LogP contribution in [0.3, 0.4) is 0 Å². The Kier molecular flexibility index (Phi) is 2.21. The summed E-state index contributed by atoms with van der Waals surface area (Å²) in [5.41, 5.74) is 0.193. The number of amidine groups is 1. The van der Waals surface area contributed by atoms with Gasteiger partial charge in [-0.1, -0.05) is 13.8 Å². The van der Waals surface area contributed by atoms with E-state index in [0.717, 1.165) is 6.54 Å². The highest BCUT2D eigenvalue weighted by Gasteiger charge is 2.26. The smallest absolute Gasteiger partial charge is 0.0997 e. The first-order chi connectivity index (χ1) is 5.05. The average Bonchev–Trinajstić information content (AvgIpc) is 2.29. The molecule has 0 fully saturated rings. The van der Waals surface area contributed by atoms with Crippen molar-refractivity contribution in [2.24, 2.45) is 10.9 Å². The third kappa shape index (κ3) is 1.95. The Balaban J connectivity index is 2.52. The molecule has 1 aliphatic heterocycles. The molecule has 1 atom stereocenters. The monoisotopic (exact) mass is 154 g/mol. The first-order valence-corrected chi connectivity index (χ1v) is 4.37. The molecule has 1 heterocycles. The molecule has 0 aliphatic carbocycles. The summed E-state index contributed by atoms with van der Waals surface area (Å²) in [6, 6.07) is 0. The minimum absolute atomic E-state index is 0.193. The highest BCUT2D eigenvalue weighted by molar-refractivity contribution is 5.86. The molecule has 2 nitrogen and oxygen atoms in total. The van der Waals surface area contributed by atoms with Crippen molar-refractivity contribution in [1.29, 1.82) is 0 Å². The van der Waals surface area contributed by atoms with E-state index < -0.39 is 0 Å². The fourth-order valence-corrected chi connectivity index (χ4v) is 1.18. The summed E-state index contributed by atoms with van der Waals surface area (Å²) in [5.74, 6) is 1.79. The third-order valence-corrected chi connectivity index (χ3v) is 2.19. The van der Waals surface area contributed by atoms with Gasteiger partial charge in [-0.05, 0) is 20.3 Å². The van der Waals surface area contributed by atoms with E-state index in [9.17, 15) is 0 Å². The summed E-state index contributed by atoms with van der Waals surface area (Å²) in [6.45, 7) is 9.71. The normalized spacial score (nSPS) is 24.2. The lowest BCUT2D eigenvalue weighted by Crippen LogP contribution is -2.41. The van der Waals surface area contributed by atoms with Crippen LogP contribution in [0.5, 0.6) is 0 Å². The molecule has 0 aromatic heterocycles. The third-order valence-electron chi connectivity index (χ3n) is 2.19. The van der Waals surface area contributed by atoms with Crippen molar-refractivity contribution in [3.8, 4) is 0 Å². The van der Waals surface area contributed by atoms with Gasteiger partial charge in [0.15, 0.2) is 0 Å². The Morgan fingerprint density at radius 1 is 1.64 bits per heavy atom. The minimum atomic E-state index is 0.193. The largest absolute Gasteiger partial charge is 0.367 e. The SMILES string of the molecule is CCC(C)C1=NCC(C)(C)N1. The van der Waals surface area contributed by atoms with Crippen molar-refractivity contribution in [2.75, 3.05) is 6.54 Å². The zero-order chi connectivity index (χ0) is 8.48. The van der Waals surface area contributed by atoms with Gasteiger partial charge in [-0.25, -0.2) is 0 Å². The molecule has 2 heteroatoms. The first-order valence-electron chi connectivity index (χ1n) is 4.37. The van der Waals surface area contributed by atoms with E-state index in [4.69, 9.17) is 0 Å². The first kappa shape index (κ1) is 8.57. The molecule has 0 bridgehead atoms. The van der Waals surface area contributed by atoms with Crippen LogP contribution in [0.15, 0.2) is 4.99 Å². The van der Waals surface area contributed by atoms with E-state index in [1.54, 1.807) is 0 Å². The molecule has 0 aromatic carbocycles. The molecule has 0 saturated heterocycles. The maximum Gasteiger partial charge on any atom is 0.0997 e. The summed E-state index contributed by atoms with van der Waals surface area (Å²) in [6.07, 6.45) is 1.17. The van der Waals surface area contributed by atoms with E-state index in [1.807, 2.05) is 0 Å². The number of nitrogens with zero attached hydrogens (tertiary/aromatic N) is 1. The molecule has 1 aliphatic rings. The molecule has 0 saturated carbocycles. The van der Waals surface area contributed by atoms with E-state index >= 15 is 0 Å². The molecule has 11 heavy (non-hydrogen) atoms. The number of hydrogen-bond acceptors (Lipinski definition) is 2. The molecule has 0 radical (unpaired) electrons.